The van der Waals surface area contributed by atoms with Gasteiger partial charge in [-0.2, -0.15) is 14.6 Å². The van der Waals surface area contributed by atoms with E-state index in [4.69, 9.17) is 4.74 Å². The molecular weight excluding hydrogens is 386 g/mol. The van der Waals surface area contributed by atoms with Crippen molar-refractivity contribution in [1.82, 2.24) is 14.6 Å². The zero-order valence-corrected chi connectivity index (χ0v) is 16.2. The van der Waals surface area contributed by atoms with E-state index in [9.17, 15) is 9.59 Å². The van der Waals surface area contributed by atoms with Crippen molar-refractivity contribution in [3.05, 3.63) is 91.0 Å². The minimum atomic E-state index is -0.452. The van der Waals surface area contributed by atoms with Crippen LogP contribution in [-0.4, -0.2) is 20.7 Å². The number of fused-ring (bicyclic) bond motifs is 2. The quantitative estimate of drug-likeness (QED) is 0.516. The molecule has 0 amide bonds. The van der Waals surface area contributed by atoms with Crippen molar-refractivity contribution in [2.24, 2.45) is 0 Å². The second kappa shape index (κ2) is 6.79. The van der Waals surface area contributed by atoms with Crippen LogP contribution in [0.2, 0.25) is 0 Å². The molecule has 3 heterocycles. The highest BCUT2D eigenvalue weighted by Crippen LogP contribution is 2.29. The van der Waals surface area contributed by atoms with E-state index in [0.717, 1.165) is 28.2 Å². The largest absolute Gasteiger partial charge is 0.485 e. The standard InChI is InChI=1S/C22H15N3O3S/c1-13-16(11-15-9-5-6-10-17(15)28-13)12-18-21(27)25-22(29-18)23-20(26)19(24-25)14-7-3-2-4-8-14/h2-13H,1H3/b18-12-. The molecule has 7 heteroatoms. The summed E-state index contributed by atoms with van der Waals surface area (Å²) in [5.41, 5.74) is 1.87. The van der Waals surface area contributed by atoms with Gasteiger partial charge in [0.15, 0.2) is 5.69 Å². The van der Waals surface area contributed by atoms with Crippen LogP contribution >= 0.6 is 11.3 Å². The molecule has 2 aromatic carbocycles. The summed E-state index contributed by atoms with van der Waals surface area (Å²) in [6.45, 7) is 1.93. The van der Waals surface area contributed by atoms with Crippen LogP contribution in [0.4, 0.5) is 0 Å². The van der Waals surface area contributed by atoms with E-state index in [1.807, 2.05) is 55.5 Å². The number of nitrogens with zero attached hydrogens (tertiary/aromatic N) is 3. The van der Waals surface area contributed by atoms with Crippen LogP contribution in [0.3, 0.4) is 0 Å². The molecule has 1 atom stereocenters. The highest BCUT2D eigenvalue weighted by atomic mass is 32.1. The van der Waals surface area contributed by atoms with Gasteiger partial charge in [0.25, 0.3) is 5.56 Å². The monoisotopic (exact) mass is 401 g/mol. The highest BCUT2D eigenvalue weighted by molar-refractivity contribution is 7.15. The van der Waals surface area contributed by atoms with E-state index in [1.165, 1.54) is 4.52 Å². The maximum Gasteiger partial charge on any atom is 0.300 e. The lowest BCUT2D eigenvalue weighted by Crippen LogP contribution is -2.28. The first-order valence-corrected chi connectivity index (χ1v) is 9.90. The maximum absolute atomic E-state index is 12.9. The van der Waals surface area contributed by atoms with Crippen molar-refractivity contribution in [2.75, 3.05) is 0 Å². The van der Waals surface area contributed by atoms with Crippen LogP contribution in [-0.2, 0) is 0 Å². The van der Waals surface area contributed by atoms with Crippen LogP contribution in [0.5, 0.6) is 5.75 Å². The molecule has 5 rings (SSSR count). The third-order valence-corrected chi connectivity index (χ3v) is 5.70. The fraction of sp³-hybridized carbons (Fsp3) is 0.0909. The van der Waals surface area contributed by atoms with E-state index < -0.39 is 5.56 Å². The Morgan fingerprint density at radius 2 is 1.83 bits per heavy atom. The number of aromatic nitrogens is 3. The Labute approximate surface area is 169 Å². The fourth-order valence-corrected chi connectivity index (χ4v) is 4.16. The molecule has 142 valence electrons. The molecule has 6 nitrogen and oxygen atoms in total. The Morgan fingerprint density at radius 1 is 1.07 bits per heavy atom. The van der Waals surface area contributed by atoms with Gasteiger partial charge >= 0.3 is 5.56 Å². The Hall–Kier alpha value is -3.58. The van der Waals surface area contributed by atoms with Crippen LogP contribution < -0.4 is 20.4 Å². The minimum absolute atomic E-state index is 0.159. The molecule has 29 heavy (non-hydrogen) atoms. The molecule has 1 aliphatic rings. The molecule has 0 bridgehead atoms. The normalized spacial score (nSPS) is 16.4. The topological polar surface area (TPSA) is 73.6 Å². The summed E-state index contributed by atoms with van der Waals surface area (Å²) in [5.74, 6) is 0.817. The van der Waals surface area contributed by atoms with Gasteiger partial charge in [0.2, 0.25) is 4.96 Å². The Morgan fingerprint density at radius 3 is 2.66 bits per heavy atom. The van der Waals surface area contributed by atoms with Crippen LogP contribution in [0.15, 0.2) is 69.8 Å². The van der Waals surface area contributed by atoms with E-state index in [0.29, 0.717) is 10.1 Å². The number of hydrogen-bond acceptors (Lipinski definition) is 6. The van der Waals surface area contributed by atoms with Crippen molar-refractivity contribution in [3.8, 4) is 17.0 Å². The Balaban J connectivity index is 1.67. The molecule has 4 aromatic rings. The second-order valence-corrected chi connectivity index (χ2v) is 7.69. The average Bonchev–Trinajstić information content (AvgIpc) is 3.03. The predicted octanol–water partition coefficient (Wildman–Crippen LogP) is 2.54. The summed E-state index contributed by atoms with van der Waals surface area (Å²) in [6.07, 6.45) is 3.60. The first-order chi connectivity index (χ1) is 14.1. The summed E-state index contributed by atoms with van der Waals surface area (Å²) in [4.78, 5) is 29.7. The van der Waals surface area contributed by atoms with E-state index in [1.54, 1.807) is 18.2 Å². The predicted molar refractivity (Wildman–Crippen MR) is 113 cm³/mol. The molecule has 1 aliphatic heterocycles. The number of thiazole rings is 1. The SMILES string of the molecule is CC1Oc2ccccc2C=C1/C=c1\sc2nc(=O)c(-c3ccccc3)nn2c1=O. The molecule has 0 fully saturated rings. The number of hydrogen-bond donors (Lipinski definition) is 0. The molecule has 0 saturated heterocycles. The number of rotatable bonds is 2. The van der Waals surface area contributed by atoms with Gasteiger partial charge in [0.1, 0.15) is 11.9 Å². The molecule has 0 aliphatic carbocycles. The first-order valence-electron chi connectivity index (χ1n) is 9.08. The van der Waals surface area contributed by atoms with Gasteiger partial charge in [-0.1, -0.05) is 59.9 Å². The van der Waals surface area contributed by atoms with E-state index in [2.05, 4.69) is 10.1 Å². The smallest absolute Gasteiger partial charge is 0.300 e. The highest BCUT2D eigenvalue weighted by Gasteiger charge is 2.18. The second-order valence-electron chi connectivity index (χ2n) is 6.68. The molecule has 1 unspecified atom stereocenters. The minimum Gasteiger partial charge on any atom is -0.485 e. The molecular formula is C22H15N3O3S. The van der Waals surface area contributed by atoms with Gasteiger partial charge in [0, 0.05) is 11.1 Å². The van der Waals surface area contributed by atoms with Crippen molar-refractivity contribution in [3.63, 3.8) is 0 Å². The third-order valence-electron chi connectivity index (χ3n) is 4.74. The van der Waals surface area contributed by atoms with Crippen molar-refractivity contribution < 1.29 is 4.74 Å². The van der Waals surface area contributed by atoms with Gasteiger partial charge in [0.05, 0.1) is 4.53 Å². The zero-order valence-electron chi connectivity index (χ0n) is 15.4. The molecule has 0 saturated carbocycles. The lowest BCUT2D eigenvalue weighted by Gasteiger charge is -2.22. The van der Waals surface area contributed by atoms with Gasteiger partial charge in [-0.3, -0.25) is 9.59 Å². The summed E-state index contributed by atoms with van der Waals surface area (Å²) < 4.78 is 7.59. The van der Waals surface area contributed by atoms with Crippen molar-refractivity contribution >= 4 is 28.4 Å². The van der Waals surface area contributed by atoms with Crippen LogP contribution in [0.1, 0.15) is 12.5 Å². The van der Waals surface area contributed by atoms with E-state index in [-0.39, 0.29) is 22.3 Å². The van der Waals surface area contributed by atoms with Gasteiger partial charge < -0.3 is 4.74 Å². The number of benzene rings is 2. The summed E-state index contributed by atoms with van der Waals surface area (Å²) in [6, 6.07) is 16.8. The third kappa shape index (κ3) is 3.05. The Bertz CT molecular complexity index is 1440. The van der Waals surface area contributed by atoms with Gasteiger partial charge in [-0.05, 0) is 30.7 Å². The van der Waals surface area contributed by atoms with Crippen molar-refractivity contribution in [2.45, 2.75) is 13.0 Å². The lowest BCUT2D eigenvalue weighted by molar-refractivity contribution is 0.259. The van der Waals surface area contributed by atoms with Gasteiger partial charge in [-0.15, -0.1) is 0 Å². The van der Waals surface area contributed by atoms with Crippen LogP contribution in [0, 0.1) is 0 Å². The molecule has 2 aromatic heterocycles. The molecule has 0 radical (unpaired) electrons. The zero-order chi connectivity index (χ0) is 20.0. The van der Waals surface area contributed by atoms with Crippen LogP contribution in [0.25, 0.3) is 28.4 Å². The summed E-state index contributed by atoms with van der Waals surface area (Å²) in [7, 11) is 0. The Kier molecular flexibility index (Phi) is 4.10. The van der Waals surface area contributed by atoms with E-state index >= 15 is 0 Å². The number of ether oxygens (including phenoxy) is 1. The average molecular weight is 401 g/mol. The van der Waals surface area contributed by atoms with Gasteiger partial charge in [-0.25, -0.2) is 0 Å². The molecule has 0 spiro atoms. The lowest BCUT2D eigenvalue weighted by atomic mass is 10.0. The molecule has 0 N–H and O–H groups in total. The fourth-order valence-electron chi connectivity index (χ4n) is 3.26. The summed E-state index contributed by atoms with van der Waals surface area (Å²) in [5, 5.41) is 4.28. The van der Waals surface area contributed by atoms with Crippen molar-refractivity contribution in [1.29, 1.82) is 0 Å². The maximum atomic E-state index is 12.9. The number of para-hydroxylation sites is 1. The first kappa shape index (κ1) is 17.5. The summed E-state index contributed by atoms with van der Waals surface area (Å²) >= 11 is 1.14.